The number of hydrogen-bond donors (Lipinski definition) is 1. The Morgan fingerprint density at radius 2 is 1.77 bits per heavy atom. The zero-order valence-electron chi connectivity index (χ0n) is 18.2. The highest BCUT2D eigenvalue weighted by Crippen LogP contribution is 2.42. The summed E-state index contributed by atoms with van der Waals surface area (Å²) < 4.78 is 5.84. The molecule has 0 amide bonds. The number of nitrogens with two attached hydrogens (primary N) is 1. The zero-order valence-corrected chi connectivity index (χ0v) is 18.2. The van der Waals surface area contributed by atoms with E-state index in [0.717, 1.165) is 47.5 Å². The van der Waals surface area contributed by atoms with Gasteiger partial charge in [0, 0.05) is 29.4 Å². The predicted molar refractivity (Wildman–Crippen MR) is 127 cm³/mol. The second kappa shape index (κ2) is 7.86. The van der Waals surface area contributed by atoms with Crippen molar-refractivity contribution in [1.29, 1.82) is 0 Å². The van der Waals surface area contributed by atoms with Gasteiger partial charge in [0.25, 0.3) is 0 Å². The number of hydrogen-bond acceptors (Lipinski definition) is 4. The Kier molecular flexibility index (Phi) is 5.03. The van der Waals surface area contributed by atoms with Gasteiger partial charge >= 0.3 is 0 Å². The number of ether oxygens (including phenoxy) is 1. The molecule has 158 valence electrons. The highest BCUT2D eigenvalue weighted by atomic mass is 16.5. The van der Waals surface area contributed by atoms with Crippen LogP contribution in [0, 0.1) is 5.92 Å². The number of pyridine rings is 1. The summed E-state index contributed by atoms with van der Waals surface area (Å²) >= 11 is 0. The molecule has 2 N–H and O–H groups in total. The van der Waals surface area contributed by atoms with Crippen LogP contribution < -0.4 is 15.4 Å². The van der Waals surface area contributed by atoms with E-state index in [1.807, 2.05) is 12.3 Å². The lowest BCUT2D eigenvalue weighted by molar-refractivity contribution is 0.253. The minimum Gasteiger partial charge on any atom is -0.443 e. The van der Waals surface area contributed by atoms with Gasteiger partial charge in [-0.25, -0.2) is 4.98 Å². The van der Waals surface area contributed by atoms with Crippen molar-refractivity contribution < 1.29 is 4.74 Å². The van der Waals surface area contributed by atoms with Crippen LogP contribution in [-0.4, -0.2) is 11.5 Å². The maximum atomic E-state index is 6.53. The summed E-state index contributed by atoms with van der Waals surface area (Å²) in [5, 5.41) is 0. The van der Waals surface area contributed by atoms with E-state index in [4.69, 9.17) is 15.5 Å². The third-order valence-electron chi connectivity index (χ3n) is 6.32. The maximum absolute atomic E-state index is 6.53. The van der Waals surface area contributed by atoms with Gasteiger partial charge < -0.3 is 15.4 Å². The van der Waals surface area contributed by atoms with Gasteiger partial charge in [0.1, 0.15) is 11.9 Å². The summed E-state index contributed by atoms with van der Waals surface area (Å²) in [6, 6.07) is 21.3. The molecule has 0 saturated heterocycles. The van der Waals surface area contributed by atoms with Crippen LogP contribution in [-0.2, 0) is 5.54 Å². The fourth-order valence-corrected chi connectivity index (χ4v) is 4.44. The van der Waals surface area contributed by atoms with Crippen LogP contribution in [0.3, 0.4) is 0 Å². The highest BCUT2D eigenvalue weighted by Gasteiger charge is 2.34. The molecule has 5 rings (SSSR count). The van der Waals surface area contributed by atoms with E-state index in [-0.39, 0.29) is 5.54 Å². The van der Waals surface area contributed by atoms with Gasteiger partial charge in [-0.2, -0.15) is 0 Å². The lowest BCUT2D eigenvalue weighted by Gasteiger charge is -2.38. The van der Waals surface area contributed by atoms with E-state index >= 15 is 0 Å². The molecule has 0 unspecified atom stereocenters. The Morgan fingerprint density at radius 1 is 1.03 bits per heavy atom. The molecule has 1 aromatic heterocycles. The minimum atomic E-state index is -0.157. The lowest BCUT2D eigenvalue weighted by Crippen LogP contribution is -2.43. The number of anilines is 1. The second-order valence-corrected chi connectivity index (χ2v) is 9.11. The third kappa shape index (κ3) is 3.72. The molecule has 2 aromatic carbocycles. The number of rotatable bonds is 5. The van der Waals surface area contributed by atoms with Crippen molar-refractivity contribution in [2.75, 3.05) is 11.4 Å². The van der Waals surface area contributed by atoms with E-state index in [0.29, 0.717) is 11.8 Å². The van der Waals surface area contributed by atoms with E-state index in [9.17, 15) is 0 Å². The molecule has 1 fully saturated rings. The van der Waals surface area contributed by atoms with Crippen molar-refractivity contribution in [3.8, 4) is 28.3 Å². The van der Waals surface area contributed by atoms with Crippen molar-refractivity contribution in [1.82, 2.24) is 4.98 Å². The molecule has 0 spiro atoms. The van der Waals surface area contributed by atoms with Crippen molar-refractivity contribution in [3.63, 3.8) is 0 Å². The first-order chi connectivity index (χ1) is 15.0. The molecule has 0 bridgehead atoms. The van der Waals surface area contributed by atoms with Gasteiger partial charge in [0.05, 0.1) is 5.69 Å². The standard InChI is InChI=1S/C27H29N3O/c1-19(2)18-30-15-16-31-26-24(30)17-23(20-7-4-3-5-8-20)25(29-26)21-9-11-22(12-10-21)27(28)13-6-14-27/h3-5,7-12,15-17,19H,6,13-14,18,28H2,1-2H3. The number of benzene rings is 2. The minimum absolute atomic E-state index is 0.157. The average Bonchev–Trinajstić information content (AvgIpc) is 2.77. The van der Waals surface area contributed by atoms with Gasteiger partial charge in [-0.05, 0) is 42.4 Å². The van der Waals surface area contributed by atoms with Crippen LogP contribution in [0.15, 0.2) is 73.1 Å². The predicted octanol–water partition coefficient (Wildman–Crippen LogP) is 6.08. The summed E-state index contributed by atoms with van der Waals surface area (Å²) in [6.45, 7) is 5.35. The van der Waals surface area contributed by atoms with Crippen LogP contribution in [0.1, 0.15) is 38.7 Å². The van der Waals surface area contributed by atoms with Gasteiger partial charge in [-0.1, -0.05) is 68.4 Å². The van der Waals surface area contributed by atoms with Crippen LogP contribution in [0.5, 0.6) is 5.88 Å². The summed E-state index contributed by atoms with van der Waals surface area (Å²) in [6.07, 6.45) is 7.05. The fraction of sp³-hybridized carbons (Fsp3) is 0.296. The molecular weight excluding hydrogens is 382 g/mol. The SMILES string of the molecule is CC(C)CN1C=COc2nc(-c3ccc(C4(N)CCC4)cc3)c(-c3ccccc3)cc21. The number of nitrogens with zero attached hydrogens (tertiary/aromatic N) is 2. The molecule has 0 radical (unpaired) electrons. The monoisotopic (exact) mass is 411 g/mol. The Bertz CT molecular complexity index is 1100. The van der Waals surface area contributed by atoms with Gasteiger partial charge in [0.2, 0.25) is 5.88 Å². The average molecular weight is 412 g/mol. The summed E-state index contributed by atoms with van der Waals surface area (Å²) in [5.74, 6) is 1.18. The Hall–Kier alpha value is -3.11. The fourth-order valence-electron chi connectivity index (χ4n) is 4.44. The van der Waals surface area contributed by atoms with Crippen molar-refractivity contribution in [2.45, 2.75) is 38.6 Å². The molecule has 2 aliphatic rings. The molecule has 2 heterocycles. The quantitative estimate of drug-likeness (QED) is 0.553. The van der Waals surface area contributed by atoms with Gasteiger partial charge in [-0.15, -0.1) is 0 Å². The molecule has 1 saturated carbocycles. The molecule has 0 atom stereocenters. The van der Waals surface area contributed by atoms with Crippen molar-refractivity contribution in [2.24, 2.45) is 11.7 Å². The first kappa shape index (κ1) is 19.8. The van der Waals surface area contributed by atoms with Crippen LogP contribution in [0.4, 0.5) is 5.69 Å². The van der Waals surface area contributed by atoms with E-state index in [1.54, 1.807) is 6.26 Å². The maximum Gasteiger partial charge on any atom is 0.243 e. The van der Waals surface area contributed by atoms with Gasteiger partial charge in [0.15, 0.2) is 0 Å². The first-order valence-corrected chi connectivity index (χ1v) is 11.1. The number of fused-ring (bicyclic) bond motifs is 1. The summed E-state index contributed by atoms with van der Waals surface area (Å²) in [7, 11) is 0. The molecule has 4 heteroatoms. The molecule has 31 heavy (non-hydrogen) atoms. The van der Waals surface area contributed by atoms with E-state index in [1.165, 1.54) is 12.0 Å². The van der Waals surface area contributed by atoms with Crippen LogP contribution in [0.2, 0.25) is 0 Å². The number of aromatic nitrogens is 1. The molecule has 4 nitrogen and oxygen atoms in total. The van der Waals surface area contributed by atoms with Gasteiger partial charge in [-0.3, -0.25) is 0 Å². The third-order valence-corrected chi connectivity index (χ3v) is 6.32. The Labute approximate surface area is 184 Å². The largest absolute Gasteiger partial charge is 0.443 e. The lowest BCUT2D eigenvalue weighted by atomic mass is 9.72. The van der Waals surface area contributed by atoms with E-state index in [2.05, 4.69) is 73.3 Å². The highest BCUT2D eigenvalue weighted by molar-refractivity contribution is 5.85. The Balaban J connectivity index is 1.61. The van der Waals surface area contributed by atoms with Crippen molar-refractivity contribution >= 4 is 5.69 Å². The normalized spacial score (nSPS) is 16.6. The topological polar surface area (TPSA) is 51.4 Å². The molecule has 1 aliphatic heterocycles. The molecule has 1 aliphatic carbocycles. The van der Waals surface area contributed by atoms with Crippen LogP contribution >= 0.6 is 0 Å². The second-order valence-electron chi connectivity index (χ2n) is 9.11. The zero-order chi connectivity index (χ0) is 21.4. The molecular formula is C27H29N3O. The smallest absolute Gasteiger partial charge is 0.243 e. The van der Waals surface area contributed by atoms with Crippen LogP contribution in [0.25, 0.3) is 22.4 Å². The van der Waals surface area contributed by atoms with E-state index < -0.39 is 0 Å². The van der Waals surface area contributed by atoms with Crippen molar-refractivity contribution in [3.05, 3.63) is 78.7 Å². The first-order valence-electron chi connectivity index (χ1n) is 11.1. The summed E-state index contributed by atoms with van der Waals surface area (Å²) in [4.78, 5) is 7.22. The molecule has 3 aromatic rings. The Morgan fingerprint density at radius 3 is 2.42 bits per heavy atom. The summed E-state index contributed by atoms with van der Waals surface area (Å²) in [5.41, 5.74) is 12.8.